The fourth-order valence-corrected chi connectivity index (χ4v) is 2.80. The van der Waals surface area contributed by atoms with Crippen molar-refractivity contribution in [2.45, 2.75) is 31.6 Å². The Bertz CT molecular complexity index is 818. The average Bonchev–Trinajstić information content (AvgIpc) is 3.26. The molecule has 3 N–H and O–H groups in total. The second-order valence-corrected chi connectivity index (χ2v) is 6.70. The summed E-state index contributed by atoms with van der Waals surface area (Å²) in [5, 5.41) is 9.76. The first-order valence-corrected chi connectivity index (χ1v) is 8.66. The molecule has 1 fully saturated rings. The molecule has 3 rings (SSSR count). The monoisotopic (exact) mass is 384 g/mol. The zero-order valence-electron chi connectivity index (χ0n) is 13.4. The minimum Gasteiger partial charge on any atom is -0.348 e. The molecule has 2 aromatic rings. The number of nitrogens with one attached hydrogen (secondary N) is 3. The Kier molecular flexibility index (Phi) is 5.12. The van der Waals surface area contributed by atoms with Gasteiger partial charge in [0.2, 0.25) is 0 Å². The molecule has 6 nitrogen and oxygen atoms in total. The van der Waals surface area contributed by atoms with Gasteiger partial charge in [0.15, 0.2) is 0 Å². The lowest BCUT2D eigenvalue weighted by atomic mass is 10.2. The van der Waals surface area contributed by atoms with E-state index in [2.05, 4.69) is 20.9 Å². The highest BCUT2D eigenvalue weighted by molar-refractivity contribution is 7.09. The van der Waals surface area contributed by atoms with Gasteiger partial charge in [0.1, 0.15) is 10.7 Å². The van der Waals surface area contributed by atoms with Crippen LogP contribution in [0.25, 0.3) is 0 Å². The molecule has 1 aromatic heterocycles. The quantitative estimate of drug-likeness (QED) is 0.739. The van der Waals surface area contributed by atoms with Gasteiger partial charge >= 0.3 is 12.2 Å². The maximum Gasteiger partial charge on any atom is 0.416 e. The number of alkyl halides is 3. The number of amides is 3. The van der Waals surface area contributed by atoms with E-state index >= 15 is 0 Å². The molecule has 3 amide bonds. The van der Waals surface area contributed by atoms with E-state index in [0.717, 1.165) is 25.0 Å². The van der Waals surface area contributed by atoms with Crippen LogP contribution in [0, 0.1) is 0 Å². The minimum absolute atomic E-state index is 0.0287. The van der Waals surface area contributed by atoms with E-state index < -0.39 is 17.8 Å². The van der Waals surface area contributed by atoms with E-state index in [1.165, 1.54) is 23.5 Å². The smallest absolute Gasteiger partial charge is 0.348 e. The minimum atomic E-state index is -4.48. The van der Waals surface area contributed by atoms with Gasteiger partial charge in [-0.15, -0.1) is 11.3 Å². The second-order valence-electron chi connectivity index (χ2n) is 5.76. The fourth-order valence-electron chi connectivity index (χ4n) is 2.09. The topological polar surface area (TPSA) is 83.1 Å². The van der Waals surface area contributed by atoms with E-state index in [-0.39, 0.29) is 29.9 Å². The van der Waals surface area contributed by atoms with Gasteiger partial charge in [0.05, 0.1) is 12.1 Å². The van der Waals surface area contributed by atoms with Crippen molar-refractivity contribution in [1.82, 2.24) is 15.6 Å². The Morgan fingerprint density at radius 1 is 1.27 bits per heavy atom. The SMILES string of the molecule is O=C(NCc1nc(C(=O)NC2CC2)cs1)Nc1cccc(C(F)(F)F)c1. The summed E-state index contributed by atoms with van der Waals surface area (Å²) in [6.45, 7) is 0.0617. The van der Waals surface area contributed by atoms with Crippen molar-refractivity contribution in [2.75, 3.05) is 5.32 Å². The van der Waals surface area contributed by atoms with Crippen molar-refractivity contribution in [2.24, 2.45) is 0 Å². The van der Waals surface area contributed by atoms with Crippen molar-refractivity contribution < 1.29 is 22.8 Å². The number of nitrogens with zero attached hydrogens (tertiary/aromatic N) is 1. The maximum absolute atomic E-state index is 12.7. The number of carbonyl (C=O) groups excluding carboxylic acids is 2. The molecule has 0 unspecified atom stereocenters. The van der Waals surface area contributed by atoms with Gasteiger partial charge in [0, 0.05) is 17.1 Å². The van der Waals surface area contributed by atoms with Crippen molar-refractivity contribution in [1.29, 1.82) is 0 Å². The third-order valence-corrected chi connectivity index (χ3v) is 4.39. The van der Waals surface area contributed by atoms with Gasteiger partial charge < -0.3 is 16.0 Å². The first-order valence-electron chi connectivity index (χ1n) is 7.78. The number of carbonyl (C=O) groups is 2. The van der Waals surface area contributed by atoms with Gasteiger partial charge in [-0.05, 0) is 31.0 Å². The first kappa shape index (κ1) is 18.2. The van der Waals surface area contributed by atoms with Crippen LogP contribution >= 0.6 is 11.3 Å². The van der Waals surface area contributed by atoms with Gasteiger partial charge in [-0.2, -0.15) is 13.2 Å². The average molecular weight is 384 g/mol. The van der Waals surface area contributed by atoms with E-state index in [0.29, 0.717) is 5.01 Å². The van der Waals surface area contributed by atoms with Crippen LogP contribution in [0.2, 0.25) is 0 Å². The predicted octanol–water partition coefficient (Wildman–Crippen LogP) is 3.38. The zero-order chi connectivity index (χ0) is 18.7. The highest BCUT2D eigenvalue weighted by Crippen LogP contribution is 2.30. The molecule has 1 heterocycles. The number of thiazole rings is 1. The number of hydrogen-bond acceptors (Lipinski definition) is 4. The molecule has 1 aliphatic carbocycles. The summed E-state index contributed by atoms with van der Waals surface area (Å²) < 4.78 is 38.0. The summed E-state index contributed by atoms with van der Waals surface area (Å²) in [5.41, 5.74) is -0.528. The highest BCUT2D eigenvalue weighted by atomic mass is 32.1. The van der Waals surface area contributed by atoms with Crippen LogP contribution in [0.15, 0.2) is 29.6 Å². The number of urea groups is 1. The molecular formula is C16H15F3N4O2S. The molecular weight excluding hydrogens is 369 g/mol. The molecule has 26 heavy (non-hydrogen) atoms. The summed E-state index contributed by atoms with van der Waals surface area (Å²) in [6, 6.07) is 3.91. The van der Waals surface area contributed by atoms with Crippen LogP contribution in [0.1, 0.15) is 33.9 Å². The van der Waals surface area contributed by atoms with Gasteiger partial charge in [-0.1, -0.05) is 6.07 Å². The molecule has 1 aliphatic rings. The van der Waals surface area contributed by atoms with Crippen LogP contribution < -0.4 is 16.0 Å². The van der Waals surface area contributed by atoms with Crippen molar-refractivity contribution in [3.05, 3.63) is 45.9 Å². The number of aromatic nitrogens is 1. The standard InChI is InChI=1S/C16H15F3N4O2S/c17-16(18,19)9-2-1-3-11(6-9)22-15(25)20-7-13-23-12(8-26-13)14(24)21-10-4-5-10/h1-3,6,8,10H,4-5,7H2,(H,21,24)(H2,20,22,25). The molecule has 10 heteroatoms. The normalized spacial score (nSPS) is 14.0. The van der Waals surface area contributed by atoms with Gasteiger partial charge in [0.25, 0.3) is 5.91 Å². The summed E-state index contributed by atoms with van der Waals surface area (Å²) >= 11 is 1.22. The third kappa shape index (κ3) is 4.94. The van der Waals surface area contributed by atoms with E-state index in [4.69, 9.17) is 0 Å². The van der Waals surface area contributed by atoms with Crippen LogP contribution in [0.4, 0.5) is 23.7 Å². The lowest BCUT2D eigenvalue weighted by Crippen LogP contribution is -2.28. The van der Waals surface area contributed by atoms with Gasteiger partial charge in [-0.3, -0.25) is 4.79 Å². The summed E-state index contributed by atoms with van der Waals surface area (Å²) in [4.78, 5) is 27.8. The van der Waals surface area contributed by atoms with E-state index in [9.17, 15) is 22.8 Å². The first-order chi connectivity index (χ1) is 12.3. The summed E-state index contributed by atoms with van der Waals surface area (Å²) in [6.07, 6.45) is -2.54. The van der Waals surface area contributed by atoms with E-state index in [1.54, 1.807) is 5.38 Å². The number of benzene rings is 1. The Morgan fingerprint density at radius 2 is 2.04 bits per heavy atom. The Hall–Kier alpha value is -2.62. The molecule has 0 saturated heterocycles. The molecule has 1 aromatic carbocycles. The van der Waals surface area contributed by atoms with Crippen LogP contribution in [-0.4, -0.2) is 23.0 Å². The molecule has 0 aliphatic heterocycles. The number of anilines is 1. The zero-order valence-corrected chi connectivity index (χ0v) is 14.2. The van der Waals surface area contributed by atoms with Crippen molar-refractivity contribution in [3.63, 3.8) is 0 Å². The summed E-state index contributed by atoms with van der Waals surface area (Å²) in [7, 11) is 0. The predicted molar refractivity (Wildman–Crippen MR) is 89.9 cm³/mol. The molecule has 138 valence electrons. The number of halogens is 3. The third-order valence-electron chi connectivity index (χ3n) is 3.54. The fraction of sp³-hybridized carbons (Fsp3) is 0.312. The Labute approximate surface area is 150 Å². The Morgan fingerprint density at radius 3 is 2.73 bits per heavy atom. The summed E-state index contributed by atoms with van der Waals surface area (Å²) in [5.74, 6) is -0.247. The number of hydrogen-bond donors (Lipinski definition) is 3. The van der Waals surface area contributed by atoms with Crippen LogP contribution in [0.3, 0.4) is 0 Å². The number of rotatable bonds is 5. The molecule has 0 atom stereocenters. The Balaban J connectivity index is 1.51. The second kappa shape index (κ2) is 7.32. The lowest BCUT2D eigenvalue weighted by Gasteiger charge is -2.10. The lowest BCUT2D eigenvalue weighted by molar-refractivity contribution is -0.137. The molecule has 0 bridgehead atoms. The van der Waals surface area contributed by atoms with E-state index in [1.807, 2.05) is 0 Å². The van der Waals surface area contributed by atoms with Crippen LogP contribution in [-0.2, 0) is 12.7 Å². The van der Waals surface area contributed by atoms with Crippen LogP contribution in [0.5, 0.6) is 0 Å². The molecule has 0 spiro atoms. The molecule has 1 saturated carbocycles. The van der Waals surface area contributed by atoms with Gasteiger partial charge in [-0.25, -0.2) is 9.78 Å². The highest BCUT2D eigenvalue weighted by Gasteiger charge is 2.30. The van der Waals surface area contributed by atoms with Crippen molar-refractivity contribution in [3.8, 4) is 0 Å². The molecule has 0 radical (unpaired) electrons. The maximum atomic E-state index is 12.7. The van der Waals surface area contributed by atoms with Crippen molar-refractivity contribution >= 4 is 29.0 Å². The largest absolute Gasteiger partial charge is 0.416 e.